The molecule has 132 valence electrons. The van der Waals surface area contributed by atoms with Gasteiger partial charge in [-0.15, -0.1) is 0 Å². The molecule has 0 bridgehead atoms. The summed E-state index contributed by atoms with van der Waals surface area (Å²) in [6.07, 6.45) is 1.56. The Balaban J connectivity index is 2.09. The monoisotopic (exact) mass is 339 g/mol. The normalized spacial score (nSPS) is 17.3. The molecule has 2 nitrogen and oxygen atoms in total. The Bertz CT molecular complexity index is 777. The van der Waals surface area contributed by atoms with Gasteiger partial charge in [0, 0.05) is 13.5 Å². The summed E-state index contributed by atoms with van der Waals surface area (Å²) in [6, 6.07) is 13.8. The fourth-order valence-electron chi connectivity index (χ4n) is 3.90. The lowest BCUT2D eigenvalue weighted by Gasteiger charge is -2.40. The van der Waals surface area contributed by atoms with E-state index in [0.29, 0.717) is 18.7 Å². The first-order valence-corrected chi connectivity index (χ1v) is 8.91. The molecular weight excluding hydrogens is 313 g/mol. The average molecular weight is 339 g/mol. The van der Waals surface area contributed by atoms with Crippen molar-refractivity contribution in [1.82, 2.24) is 0 Å². The molecule has 0 saturated heterocycles. The predicted octanol–water partition coefficient (Wildman–Crippen LogP) is 5.30. The minimum absolute atomic E-state index is 0.0233. The minimum atomic E-state index is -0.285. The highest BCUT2D eigenvalue weighted by atomic mass is 19.1. The summed E-state index contributed by atoms with van der Waals surface area (Å²) >= 11 is 0. The van der Waals surface area contributed by atoms with Crippen LogP contribution in [0.5, 0.6) is 0 Å². The van der Waals surface area contributed by atoms with Crippen LogP contribution in [0.2, 0.25) is 0 Å². The highest BCUT2D eigenvalue weighted by molar-refractivity contribution is 5.93. The van der Waals surface area contributed by atoms with E-state index in [1.807, 2.05) is 18.2 Å². The van der Waals surface area contributed by atoms with Gasteiger partial charge in [0.2, 0.25) is 5.91 Å². The van der Waals surface area contributed by atoms with Crippen LogP contribution in [0.4, 0.5) is 10.1 Å². The van der Waals surface area contributed by atoms with Crippen LogP contribution >= 0.6 is 0 Å². The molecule has 1 atom stereocenters. The van der Waals surface area contributed by atoms with Crippen LogP contribution in [0, 0.1) is 11.2 Å². The maximum absolute atomic E-state index is 15.0. The van der Waals surface area contributed by atoms with E-state index < -0.39 is 0 Å². The topological polar surface area (TPSA) is 20.3 Å². The van der Waals surface area contributed by atoms with Crippen molar-refractivity contribution in [3.63, 3.8) is 0 Å². The summed E-state index contributed by atoms with van der Waals surface area (Å²) in [7, 11) is 0. The summed E-state index contributed by atoms with van der Waals surface area (Å²) < 4.78 is 15.0. The van der Waals surface area contributed by atoms with Crippen LogP contribution in [0.15, 0.2) is 42.5 Å². The maximum Gasteiger partial charge on any atom is 0.223 e. The van der Waals surface area contributed by atoms with Gasteiger partial charge in [0.1, 0.15) is 5.82 Å². The molecule has 3 heteroatoms. The second-order valence-electron chi connectivity index (χ2n) is 8.06. The second-order valence-corrected chi connectivity index (χ2v) is 8.06. The second kappa shape index (κ2) is 6.62. The van der Waals surface area contributed by atoms with Crippen LogP contribution in [0.25, 0.3) is 0 Å². The Labute approximate surface area is 149 Å². The molecule has 1 heterocycles. The molecule has 0 N–H and O–H groups in total. The summed E-state index contributed by atoms with van der Waals surface area (Å²) in [5, 5.41) is 0. The number of amides is 1. The van der Waals surface area contributed by atoms with Gasteiger partial charge in [0.05, 0.1) is 5.69 Å². The molecule has 0 fully saturated rings. The van der Waals surface area contributed by atoms with E-state index in [9.17, 15) is 4.79 Å². The van der Waals surface area contributed by atoms with Gasteiger partial charge in [-0.05, 0) is 46.9 Å². The number of halogens is 1. The van der Waals surface area contributed by atoms with Gasteiger partial charge in [-0.25, -0.2) is 4.39 Å². The number of anilines is 1. The standard InChI is InChI=1S/C22H26FNO/c1-15(25)24-11-10-19(22(2,3)4)18-13-17(14-20(23)21(18)24)12-16-8-6-5-7-9-16/h5-9,13-14,19H,10-12H2,1-4H3. The fourth-order valence-corrected chi connectivity index (χ4v) is 3.90. The third kappa shape index (κ3) is 3.60. The first-order valence-electron chi connectivity index (χ1n) is 8.91. The Morgan fingerprint density at radius 1 is 1.16 bits per heavy atom. The Hall–Kier alpha value is -2.16. The van der Waals surface area contributed by atoms with E-state index in [-0.39, 0.29) is 23.1 Å². The van der Waals surface area contributed by atoms with Crippen molar-refractivity contribution in [2.75, 3.05) is 11.4 Å². The number of fused-ring (bicyclic) bond motifs is 1. The van der Waals surface area contributed by atoms with Crippen LogP contribution in [0.1, 0.15) is 56.7 Å². The number of hydrogen-bond acceptors (Lipinski definition) is 1. The number of hydrogen-bond donors (Lipinski definition) is 0. The smallest absolute Gasteiger partial charge is 0.223 e. The molecule has 1 amide bonds. The number of nitrogens with zero attached hydrogens (tertiary/aromatic N) is 1. The zero-order valence-electron chi connectivity index (χ0n) is 15.5. The minimum Gasteiger partial charge on any atom is -0.310 e. The molecule has 1 aliphatic heterocycles. The molecule has 3 rings (SSSR count). The quantitative estimate of drug-likeness (QED) is 0.727. The first kappa shape index (κ1) is 17.7. The lowest BCUT2D eigenvalue weighted by Crippen LogP contribution is -2.38. The van der Waals surface area contributed by atoms with Crippen LogP contribution in [-0.2, 0) is 11.2 Å². The highest BCUT2D eigenvalue weighted by Gasteiger charge is 2.36. The Morgan fingerprint density at radius 3 is 2.44 bits per heavy atom. The van der Waals surface area contributed by atoms with Gasteiger partial charge in [0.25, 0.3) is 0 Å². The lowest BCUT2D eigenvalue weighted by atomic mass is 9.72. The summed E-state index contributed by atoms with van der Waals surface area (Å²) in [4.78, 5) is 13.6. The number of rotatable bonds is 2. The largest absolute Gasteiger partial charge is 0.310 e. The number of carbonyl (C=O) groups excluding carboxylic acids is 1. The summed E-state index contributed by atoms with van der Waals surface area (Å²) in [6.45, 7) is 8.66. The summed E-state index contributed by atoms with van der Waals surface area (Å²) in [5.41, 5.74) is 3.60. The zero-order valence-corrected chi connectivity index (χ0v) is 15.5. The van der Waals surface area contributed by atoms with E-state index in [1.165, 1.54) is 6.92 Å². The van der Waals surface area contributed by atoms with Crippen LogP contribution in [0.3, 0.4) is 0 Å². The van der Waals surface area contributed by atoms with Crippen molar-refractivity contribution in [3.05, 3.63) is 65.0 Å². The third-order valence-electron chi connectivity index (χ3n) is 5.12. The van der Waals surface area contributed by atoms with Crippen molar-refractivity contribution in [3.8, 4) is 0 Å². The molecule has 25 heavy (non-hydrogen) atoms. The van der Waals surface area contributed by atoms with E-state index in [4.69, 9.17) is 0 Å². The lowest BCUT2D eigenvalue weighted by molar-refractivity contribution is -0.116. The van der Waals surface area contributed by atoms with Gasteiger partial charge in [-0.1, -0.05) is 57.2 Å². The summed E-state index contributed by atoms with van der Waals surface area (Å²) in [5.74, 6) is -0.140. The van der Waals surface area contributed by atoms with Gasteiger partial charge < -0.3 is 4.90 Å². The molecule has 1 aliphatic rings. The van der Waals surface area contributed by atoms with E-state index >= 15 is 4.39 Å². The molecule has 1 unspecified atom stereocenters. The van der Waals surface area contributed by atoms with Gasteiger partial charge >= 0.3 is 0 Å². The maximum atomic E-state index is 15.0. The van der Waals surface area contributed by atoms with Crippen molar-refractivity contribution < 1.29 is 9.18 Å². The molecular formula is C22H26FNO. The molecule has 2 aromatic rings. The third-order valence-corrected chi connectivity index (χ3v) is 5.12. The van der Waals surface area contributed by atoms with Gasteiger partial charge in [-0.3, -0.25) is 4.79 Å². The van der Waals surface area contributed by atoms with Crippen LogP contribution < -0.4 is 4.90 Å². The Morgan fingerprint density at radius 2 is 1.84 bits per heavy atom. The number of benzene rings is 2. The van der Waals surface area contributed by atoms with Crippen molar-refractivity contribution >= 4 is 11.6 Å². The molecule has 0 spiro atoms. The fraction of sp³-hybridized carbons (Fsp3) is 0.409. The van der Waals surface area contributed by atoms with Crippen molar-refractivity contribution in [2.24, 2.45) is 5.41 Å². The van der Waals surface area contributed by atoms with E-state index in [2.05, 4.69) is 39.0 Å². The van der Waals surface area contributed by atoms with Crippen molar-refractivity contribution in [2.45, 2.75) is 46.5 Å². The van der Waals surface area contributed by atoms with Gasteiger partial charge in [0.15, 0.2) is 0 Å². The predicted molar refractivity (Wildman–Crippen MR) is 100 cm³/mol. The van der Waals surface area contributed by atoms with E-state index in [1.54, 1.807) is 11.0 Å². The molecule has 0 aromatic heterocycles. The molecule has 0 aliphatic carbocycles. The molecule has 2 aromatic carbocycles. The molecule has 0 saturated carbocycles. The zero-order chi connectivity index (χ0) is 18.2. The van der Waals surface area contributed by atoms with Crippen LogP contribution in [-0.4, -0.2) is 12.5 Å². The Kier molecular flexibility index (Phi) is 4.68. The van der Waals surface area contributed by atoms with E-state index in [0.717, 1.165) is 23.1 Å². The molecule has 0 radical (unpaired) electrons. The first-order chi connectivity index (χ1) is 11.8. The van der Waals surface area contributed by atoms with Crippen molar-refractivity contribution in [1.29, 1.82) is 0 Å². The highest BCUT2D eigenvalue weighted by Crippen LogP contribution is 2.46. The number of carbonyl (C=O) groups is 1. The average Bonchev–Trinajstić information content (AvgIpc) is 2.53. The SMILES string of the molecule is CC(=O)N1CCC(C(C)(C)C)c2cc(Cc3ccccc3)cc(F)c21. The van der Waals surface area contributed by atoms with Gasteiger partial charge in [-0.2, -0.15) is 0 Å².